The molecular formula is C22H23N3O4S. The van der Waals surface area contributed by atoms with Gasteiger partial charge in [-0.1, -0.05) is 30.3 Å². The normalized spacial score (nSPS) is 14.9. The van der Waals surface area contributed by atoms with Crippen molar-refractivity contribution >= 4 is 33.4 Å². The van der Waals surface area contributed by atoms with Gasteiger partial charge in [-0.15, -0.1) is 11.3 Å². The largest absolute Gasteiger partial charge is 0.448 e. The summed E-state index contributed by atoms with van der Waals surface area (Å²) in [6.45, 7) is 5.79. The van der Waals surface area contributed by atoms with Gasteiger partial charge in [-0.05, 0) is 38.3 Å². The van der Waals surface area contributed by atoms with Gasteiger partial charge in [0, 0.05) is 13.0 Å². The highest BCUT2D eigenvalue weighted by Gasteiger charge is 2.26. The first-order valence-electron chi connectivity index (χ1n) is 9.96. The average Bonchev–Trinajstić information content (AvgIpc) is 3.33. The van der Waals surface area contributed by atoms with Gasteiger partial charge in [0.25, 0.3) is 11.5 Å². The summed E-state index contributed by atoms with van der Waals surface area (Å²) in [5.74, 6) is -0.234. The number of carbonyl (C=O) groups is 2. The van der Waals surface area contributed by atoms with Crippen LogP contribution in [0.25, 0.3) is 10.2 Å². The van der Waals surface area contributed by atoms with Gasteiger partial charge in [-0.3, -0.25) is 14.2 Å². The molecule has 0 saturated heterocycles. The highest BCUT2D eigenvalue weighted by molar-refractivity contribution is 7.20. The molecule has 1 aliphatic heterocycles. The van der Waals surface area contributed by atoms with E-state index in [2.05, 4.69) is 10.3 Å². The Morgan fingerprint density at radius 3 is 2.70 bits per heavy atom. The fraction of sp³-hybridized carbons (Fsp3) is 0.364. The highest BCUT2D eigenvalue weighted by Crippen LogP contribution is 2.29. The van der Waals surface area contributed by atoms with Crippen LogP contribution < -0.4 is 10.9 Å². The van der Waals surface area contributed by atoms with Crippen LogP contribution in [-0.2, 0) is 22.5 Å². The van der Waals surface area contributed by atoms with Crippen LogP contribution in [0, 0.1) is 6.92 Å². The zero-order valence-electron chi connectivity index (χ0n) is 17.1. The molecule has 4 rings (SSSR count). The number of nitrogens with zero attached hydrogens (tertiary/aromatic N) is 2. The molecule has 156 valence electrons. The van der Waals surface area contributed by atoms with Crippen LogP contribution >= 0.6 is 11.3 Å². The summed E-state index contributed by atoms with van der Waals surface area (Å²) in [6, 6.07) is 9.34. The first kappa shape index (κ1) is 20.3. The third-order valence-electron chi connectivity index (χ3n) is 5.41. The second-order valence-corrected chi connectivity index (χ2v) is 8.51. The number of benzene rings is 1. The lowest BCUT2D eigenvalue weighted by atomic mass is 10.1. The molecule has 8 heteroatoms. The Morgan fingerprint density at radius 1 is 1.23 bits per heavy atom. The molecule has 2 aromatic heterocycles. The molecule has 1 N–H and O–H groups in total. The smallest absolute Gasteiger partial charge is 0.349 e. The van der Waals surface area contributed by atoms with Gasteiger partial charge in [0.2, 0.25) is 0 Å². The summed E-state index contributed by atoms with van der Waals surface area (Å²) in [5, 5.41) is 3.32. The van der Waals surface area contributed by atoms with Crippen molar-refractivity contribution < 1.29 is 14.3 Å². The minimum absolute atomic E-state index is 0.109. The predicted octanol–water partition coefficient (Wildman–Crippen LogP) is 3.14. The second-order valence-electron chi connectivity index (χ2n) is 7.51. The van der Waals surface area contributed by atoms with E-state index in [1.807, 2.05) is 37.3 Å². The zero-order valence-corrected chi connectivity index (χ0v) is 17.9. The van der Waals surface area contributed by atoms with Gasteiger partial charge >= 0.3 is 5.97 Å². The molecule has 1 amide bonds. The van der Waals surface area contributed by atoms with Crippen molar-refractivity contribution in [2.24, 2.45) is 0 Å². The predicted molar refractivity (Wildman–Crippen MR) is 115 cm³/mol. The number of rotatable bonds is 5. The maximum atomic E-state index is 12.8. The maximum absolute atomic E-state index is 12.8. The molecule has 2 unspecified atom stereocenters. The third-order valence-corrected chi connectivity index (χ3v) is 6.57. The topological polar surface area (TPSA) is 90.3 Å². The summed E-state index contributed by atoms with van der Waals surface area (Å²) in [5.41, 5.74) is 1.41. The molecule has 2 atom stereocenters. The molecule has 3 heterocycles. The fourth-order valence-corrected chi connectivity index (χ4v) is 4.77. The molecule has 30 heavy (non-hydrogen) atoms. The number of nitrogens with one attached hydrogen (secondary N) is 1. The molecule has 0 fully saturated rings. The van der Waals surface area contributed by atoms with E-state index in [4.69, 9.17) is 4.74 Å². The van der Waals surface area contributed by atoms with Crippen LogP contribution in [0.15, 0.2) is 35.1 Å². The van der Waals surface area contributed by atoms with Crippen molar-refractivity contribution in [3.63, 3.8) is 0 Å². The Kier molecular flexibility index (Phi) is 5.42. The van der Waals surface area contributed by atoms with Gasteiger partial charge in [0.05, 0.1) is 11.4 Å². The maximum Gasteiger partial charge on any atom is 0.349 e. The fourth-order valence-electron chi connectivity index (χ4n) is 3.69. The van der Waals surface area contributed by atoms with Crippen molar-refractivity contribution in [3.05, 3.63) is 62.5 Å². The van der Waals surface area contributed by atoms with Crippen molar-refractivity contribution in [3.8, 4) is 0 Å². The van der Waals surface area contributed by atoms with E-state index in [0.29, 0.717) is 27.2 Å². The zero-order chi connectivity index (χ0) is 21.4. The number of hydrogen-bond acceptors (Lipinski definition) is 6. The quantitative estimate of drug-likeness (QED) is 0.634. The van der Waals surface area contributed by atoms with E-state index in [9.17, 15) is 14.4 Å². The molecular weight excluding hydrogens is 402 g/mol. The monoisotopic (exact) mass is 425 g/mol. The summed E-state index contributed by atoms with van der Waals surface area (Å²) in [6.07, 6.45) is 0.701. The van der Waals surface area contributed by atoms with Crippen molar-refractivity contribution in [2.45, 2.75) is 52.3 Å². The number of thiophene rings is 1. The van der Waals surface area contributed by atoms with Crippen molar-refractivity contribution in [2.75, 3.05) is 0 Å². The van der Waals surface area contributed by atoms with Crippen molar-refractivity contribution in [1.82, 2.24) is 14.9 Å². The molecule has 0 saturated carbocycles. The number of esters is 1. The summed E-state index contributed by atoms with van der Waals surface area (Å²) in [4.78, 5) is 43.4. The van der Waals surface area contributed by atoms with Gasteiger partial charge < -0.3 is 10.1 Å². The first-order valence-corrected chi connectivity index (χ1v) is 10.8. The molecule has 0 spiro atoms. The van der Waals surface area contributed by atoms with Crippen LogP contribution in [-0.4, -0.2) is 27.5 Å². The lowest BCUT2D eigenvalue weighted by Gasteiger charge is -2.18. The van der Waals surface area contributed by atoms with Crippen molar-refractivity contribution in [1.29, 1.82) is 0 Å². The summed E-state index contributed by atoms with van der Waals surface area (Å²) in [7, 11) is 0. The van der Waals surface area contributed by atoms with Crippen LogP contribution in [0.4, 0.5) is 0 Å². The Morgan fingerprint density at radius 2 is 1.97 bits per heavy atom. The average molecular weight is 426 g/mol. The van der Waals surface area contributed by atoms with Gasteiger partial charge in [0.15, 0.2) is 6.10 Å². The molecule has 0 radical (unpaired) electrons. The number of amides is 1. The number of hydrogen-bond donors (Lipinski definition) is 1. The molecule has 0 bridgehead atoms. The van der Waals surface area contributed by atoms with Crippen LogP contribution in [0.2, 0.25) is 0 Å². The van der Waals surface area contributed by atoms with E-state index in [1.165, 1.54) is 6.92 Å². The number of ether oxygens (including phenoxy) is 1. The Hall–Kier alpha value is -3.00. The van der Waals surface area contributed by atoms with E-state index >= 15 is 0 Å². The first-order chi connectivity index (χ1) is 14.4. The molecule has 7 nitrogen and oxygen atoms in total. The molecule has 3 aromatic rings. The summed E-state index contributed by atoms with van der Waals surface area (Å²) < 4.78 is 7.09. The van der Waals surface area contributed by atoms with Gasteiger partial charge in [-0.25, -0.2) is 9.78 Å². The second kappa shape index (κ2) is 8.02. The Bertz CT molecular complexity index is 1180. The number of aromatic nitrogens is 2. The number of aryl methyl sites for hydroxylation is 2. The SMILES string of the molecule is Cc1c(C(=O)OC(C)C(=O)NC(C)c2ccccc2)sc2nc3n(c(=O)c12)CCC3. The molecule has 1 aromatic carbocycles. The number of fused-ring (bicyclic) bond motifs is 2. The van der Waals surface area contributed by atoms with Gasteiger partial charge in [-0.2, -0.15) is 0 Å². The van der Waals surface area contributed by atoms with Gasteiger partial charge in [0.1, 0.15) is 15.5 Å². The Labute approximate surface area is 177 Å². The lowest BCUT2D eigenvalue weighted by Crippen LogP contribution is -2.37. The Balaban J connectivity index is 1.50. The van der Waals surface area contributed by atoms with E-state index < -0.39 is 12.1 Å². The minimum atomic E-state index is -0.965. The summed E-state index contributed by atoms with van der Waals surface area (Å²) >= 11 is 1.15. The van der Waals surface area contributed by atoms with E-state index in [1.54, 1.807) is 11.5 Å². The standard InChI is InChI=1S/C22H23N3O4S/c1-12-17-20(24-16-10-7-11-25(16)21(17)27)30-18(12)22(28)29-14(3)19(26)23-13(2)15-8-5-4-6-9-15/h4-6,8-9,13-14H,7,10-11H2,1-3H3,(H,23,26). The minimum Gasteiger partial charge on any atom is -0.448 e. The van der Waals surface area contributed by atoms with Crippen LogP contribution in [0.5, 0.6) is 0 Å². The number of carbonyl (C=O) groups excluding carboxylic acids is 2. The van der Waals surface area contributed by atoms with E-state index in [0.717, 1.165) is 35.6 Å². The van der Waals surface area contributed by atoms with Crippen LogP contribution in [0.1, 0.15) is 52.9 Å². The lowest BCUT2D eigenvalue weighted by molar-refractivity contribution is -0.129. The van der Waals surface area contributed by atoms with Crippen LogP contribution in [0.3, 0.4) is 0 Å². The highest BCUT2D eigenvalue weighted by atomic mass is 32.1. The molecule has 1 aliphatic rings. The van der Waals surface area contributed by atoms with E-state index in [-0.39, 0.29) is 17.5 Å². The molecule has 0 aliphatic carbocycles. The third kappa shape index (κ3) is 3.63.